The zero-order valence-electron chi connectivity index (χ0n) is 9.22. The Morgan fingerprint density at radius 2 is 2.12 bits per heavy atom. The molecule has 1 heterocycles. The molecular formula is C12H17NO3. The van der Waals surface area contributed by atoms with Gasteiger partial charge in [0.15, 0.2) is 0 Å². The fraction of sp³-hybridized carbons (Fsp3) is 0.500. The van der Waals surface area contributed by atoms with Crippen LogP contribution in [0.1, 0.15) is 18.4 Å². The molecule has 4 heteroatoms. The van der Waals surface area contributed by atoms with Crippen LogP contribution in [-0.4, -0.2) is 19.3 Å². The SMILES string of the molecule is NOCc1cccc(OC2CCOCC2)c1. The summed E-state index contributed by atoms with van der Waals surface area (Å²) in [5.74, 6) is 5.91. The van der Waals surface area contributed by atoms with Crippen LogP contribution in [0.3, 0.4) is 0 Å². The van der Waals surface area contributed by atoms with E-state index in [0.29, 0.717) is 6.61 Å². The molecule has 2 rings (SSSR count). The van der Waals surface area contributed by atoms with Gasteiger partial charge in [-0.3, -0.25) is 4.84 Å². The van der Waals surface area contributed by atoms with Gasteiger partial charge in [-0.2, -0.15) is 0 Å². The predicted molar refractivity (Wildman–Crippen MR) is 59.9 cm³/mol. The minimum atomic E-state index is 0.266. The Hall–Kier alpha value is -1.10. The van der Waals surface area contributed by atoms with E-state index in [2.05, 4.69) is 4.84 Å². The molecule has 0 atom stereocenters. The second-order valence-corrected chi connectivity index (χ2v) is 3.89. The molecule has 1 aromatic carbocycles. The molecular weight excluding hydrogens is 206 g/mol. The highest BCUT2D eigenvalue weighted by Gasteiger charge is 2.15. The molecule has 0 saturated carbocycles. The molecule has 4 nitrogen and oxygen atoms in total. The van der Waals surface area contributed by atoms with Crippen molar-refractivity contribution in [3.8, 4) is 5.75 Å². The molecule has 0 bridgehead atoms. The van der Waals surface area contributed by atoms with E-state index in [1.807, 2.05) is 24.3 Å². The molecule has 0 spiro atoms. The van der Waals surface area contributed by atoms with Crippen LogP contribution in [0.25, 0.3) is 0 Å². The van der Waals surface area contributed by atoms with Gasteiger partial charge in [0.2, 0.25) is 0 Å². The molecule has 88 valence electrons. The summed E-state index contributed by atoms with van der Waals surface area (Å²) in [6, 6.07) is 7.82. The quantitative estimate of drug-likeness (QED) is 0.788. The van der Waals surface area contributed by atoms with E-state index >= 15 is 0 Å². The zero-order valence-corrected chi connectivity index (χ0v) is 9.22. The van der Waals surface area contributed by atoms with Crippen molar-refractivity contribution >= 4 is 0 Å². The van der Waals surface area contributed by atoms with Gasteiger partial charge in [-0.05, 0) is 17.7 Å². The maximum absolute atomic E-state index is 5.87. The highest BCUT2D eigenvalue weighted by Crippen LogP contribution is 2.19. The average molecular weight is 223 g/mol. The second kappa shape index (κ2) is 5.84. The van der Waals surface area contributed by atoms with E-state index in [-0.39, 0.29) is 6.10 Å². The van der Waals surface area contributed by atoms with Crippen molar-refractivity contribution in [1.29, 1.82) is 0 Å². The fourth-order valence-corrected chi connectivity index (χ4v) is 1.79. The van der Waals surface area contributed by atoms with Crippen molar-refractivity contribution in [2.24, 2.45) is 5.90 Å². The Kier molecular flexibility index (Phi) is 4.16. The first-order valence-corrected chi connectivity index (χ1v) is 5.53. The monoisotopic (exact) mass is 223 g/mol. The molecule has 1 aliphatic rings. The van der Waals surface area contributed by atoms with Crippen LogP contribution >= 0.6 is 0 Å². The van der Waals surface area contributed by atoms with Crippen LogP contribution in [0, 0.1) is 0 Å². The van der Waals surface area contributed by atoms with Crippen LogP contribution in [0.15, 0.2) is 24.3 Å². The molecule has 0 unspecified atom stereocenters. The van der Waals surface area contributed by atoms with Crippen molar-refractivity contribution < 1.29 is 14.3 Å². The van der Waals surface area contributed by atoms with Crippen molar-refractivity contribution in [2.75, 3.05) is 13.2 Å². The van der Waals surface area contributed by atoms with E-state index in [0.717, 1.165) is 37.4 Å². The first-order chi connectivity index (χ1) is 7.88. The number of benzene rings is 1. The lowest BCUT2D eigenvalue weighted by Crippen LogP contribution is -2.25. The van der Waals surface area contributed by atoms with Gasteiger partial charge in [-0.15, -0.1) is 0 Å². The lowest BCUT2D eigenvalue weighted by Gasteiger charge is -2.23. The predicted octanol–water partition coefficient (Wildman–Crippen LogP) is 1.63. The number of hydrogen-bond acceptors (Lipinski definition) is 4. The Labute approximate surface area is 95.2 Å². The van der Waals surface area contributed by atoms with E-state index in [9.17, 15) is 0 Å². The number of nitrogens with two attached hydrogens (primary N) is 1. The number of hydrogen-bond donors (Lipinski definition) is 1. The van der Waals surface area contributed by atoms with Gasteiger partial charge >= 0.3 is 0 Å². The number of ether oxygens (including phenoxy) is 2. The molecule has 0 aliphatic carbocycles. The topological polar surface area (TPSA) is 53.7 Å². The largest absolute Gasteiger partial charge is 0.490 e. The maximum atomic E-state index is 5.87. The van der Waals surface area contributed by atoms with Gasteiger partial charge in [-0.25, -0.2) is 5.90 Å². The van der Waals surface area contributed by atoms with Gasteiger partial charge < -0.3 is 9.47 Å². The Balaban J connectivity index is 1.94. The molecule has 0 aromatic heterocycles. The van der Waals surface area contributed by atoms with Gasteiger partial charge in [0, 0.05) is 12.8 Å². The van der Waals surface area contributed by atoms with Gasteiger partial charge in [0.25, 0.3) is 0 Å². The van der Waals surface area contributed by atoms with Crippen LogP contribution < -0.4 is 10.6 Å². The number of rotatable bonds is 4. The highest BCUT2D eigenvalue weighted by atomic mass is 16.6. The molecule has 1 aromatic rings. The summed E-state index contributed by atoms with van der Waals surface area (Å²) in [5, 5.41) is 0. The Morgan fingerprint density at radius 3 is 2.88 bits per heavy atom. The molecule has 1 saturated heterocycles. The first-order valence-electron chi connectivity index (χ1n) is 5.53. The van der Waals surface area contributed by atoms with Gasteiger partial charge in [-0.1, -0.05) is 12.1 Å². The third-order valence-electron chi connectivity index (χ3n) is 2.62. The van der Waals surface area contributed by atoms with E-state index in [1.54, 1.807) is 0 Å². The minimum absolute atomic E-state index is 0.266. The molecule has 0 radical (unpaired) electrons. The normalized spacial score (nSPS) is 17.3. The summed E-state index contributed by atoms with van der Waals surface area (Å²) >= 11 is 0. The lowest BCUT2D eigenvalue weighted by molar-refractivity contribution is 0.0254. The lowest BCUT2D eigenvalue weighted by atomic mass is 10.1. The van der Waals surface area contributed by atoms with Crippen molar-refractivity contribution in [2.45, 2.75) is 25.6 Å². The maximum Gasteiger partial charge on any atom is 0.120 e. The van der Waals surface area contributed by atoms with Gasteiger partial charge in [0.05, 0.1) is 19.8 Å². The Bertz CT molecular complexity index is 324. The zero-order chi connectivity index (χ0) is 11.2. The second-order valence-electron chi connectivity index (χ2n) is 3.89. The van der Waals surface area contributed by atoms with Crippen LogP contribution in [-0.2, 0) is 16.2 Å². The molecule has 1 aliphatic heterocycles. The van der Waals surface area contributed by atoms with Crippen LogP contribution in [0.4, 0.5) is 0 Å². The van der Waals surface area contributed by atoms with Crippen LogP contribution in [0.2, 0.25) is 0 Å². The average Bonchev–Trinajstić information content (AvgIpc) is 2.31. The molecule has 2 N–H and O–H groups in total. The van der Waals surface area contributed by atoms with E-state index in [4.69, 9.17) is 15.4 Å². The summed E-state index contributed by atoms with van der Waals surface area (Å²) in [7, 11) is 0. The van der Waals surface area contributed by atoms with Crippen molar-refractivity contribution in [3.63, 3.8) is 0 Å². The first kappa shape index (κ1) is 11.4. The summed E-state index contributed by atoms with van der Waals surface area (Å²) < 4.78 is 11.1. The fourth-order valence-electron chi connectivity index (χ4n) is 1.79. The third-order valence-corrected chi connectivity index (χ3v) is 2.62. The van der Waals surface area contributed by atoms with Gasteiger partial charge in [0.1, 0.15) is 11.9 Å². The Morgan fingerprint density at radius 1 is 1.31 bits per heavy atom. The van der Waals surface area contributed by atoms with Crippen molar-refractivity contribution in [1.82, 2.24) is 0 Å². The van der Waals surface area contributed by atoms with Crippen LogP contribution in [0.5, 0.6) is 5.75 Å². The molecule has 1 fully saturated rings. The summed E-state index contributed by atoms with van der Waals surface area (Å²) in [6.07, 6.45) is 2.18. The summed E-state index contributed by atoms with van der Waals surface area (Å²) in [4.78, 5) is 4.60. The minimum Gasteiger partial charge on any atom is -0.490 e. The molecule has 0 amide bonds. The standard InChI is InChI=1S/C12H17NO3/c13-15-9-10-2-1-3-12(8-10)16-11-4-6-14-7-5-11/h1-3,8,11H,4-7,9,13H2. The smallest absolute Gasteiger partial charge is 0.120 e. The van der Waals surface area contributed by atoms with E-state index < -0.39 is 0 Å². The van der Waals surface area contributed by atoms with E-state index in [1.165, 1.54) is 0 Å². The summed E-state index contributed by atoms with van der Waals surface area (Å²) in [6.45, 7) is 1.98. The summed E-state index contributed by atoms with van der Waals surface area (Å²) in [5.41, 5.74) is 1.02. The third kappa shape index (κ3) is 3.20. The highest BCUT2D eigenvalue weighted by molar-refractivity contribution is 5.28. The van der Waals surface area contributed by atoms with Crippen molar-refractivity contribution in [3.05, 3.63) is 29.8 Å². The molecule has 16 heavy (non-hydrogen) atoms.